The van der Waals surface area contributed by atoms with E-state index in [0.29, 0.717) is 13.1 Å². The summed E-state index contributed by atoms with van der Waals surface area (Å²) in [6.45, 7) is 0.762. The van der Waals surface area contributed by atoms with Crippen molar-refractivity contribution in [1.29, 1.82) is 0 Å². The molecule has 23 heavy (non-hydrogen) atoms. The monoisotopic (exact) mass is 320 g/mol. The summed E-state index contributed by atoms with van der Waals surface area (Å²) in [5.41, 5.74) is 5.09. The molecule has 2 atom stereocenters. The quantitative estimate of drug-likeness (QED) is 0.636. The highest BCUT2D eigenvalue weighted by molar-refractivity contribution is 5.95. The van der Waals surface area contributed by atoms with Crippen LogP contribution in [-0.4, -0.2) is 59.8 Å². The highest BCUT2D eigenvalue weighted by atomic mass is 16.5. The molecule has 0 aromatic heterocycles. The largest absolute Gasteiger partial charge is 0.483 e. The maximum absolute atomic E-state index is 12.2. The number of fused-ring (bicyclic) bond motifs is 1. The van der Waals surface area contributed by atoms with Gasteiger partial charge in [0, 0.05) is 18.5 Å². The Morgan fingerprint density at radius 1 is 1.22 bits per heavy atom. The molecule has 1 aromatic carbocycles. The molecule has 0 bridgehead atoms. The molecule has 2 aliphatic rings. The SMILES string of the molecule is NC(=O)c1ccccc1OCC(=O)N1CC2C(C1)C2(CO)CO. The average molecular weight is 320 g/mol. The number of aliphatic hydroxyl groups is 2. The minimum Gasteiger partial charge on any atom is -0.483 e. The van der Waals surface area contributed by atoms with Crippen molar-refractivity contribution in [3.63, 3.8) is 0 Å². The highest BCUT2D eigenvalue weighted by Crippen LogP contribution is 2.61. The molecule has 1 aliphatic heterocycles. The molecular formula is C16H20N2O5. The predicted octanol–water partition coefficient (Wildman–Crippen LogP) is -0.777. The number of carbonyl (C=O) groups excluding carboxylic acids is 2. The summed E-state index contributed by atoms with van der Waals surface area (Å²) >= 11 is 0. The fourth-order valence-electron chi connectivity index (χ4n) is 3.59. The summed E-state index contributed by atoms with van der Waals surface area (Å²) in [5.74, 6) is -0.191. The van der Waals surface area contributed by atoms with Crippen LogP contribution >= 0.6 is 0 Å². The molecule has 1 saturated carbocycles. The van der Waals surface area contributed by atoms with Gasteiger partial charge in [0.25, 0.3) is 11.8 Å². The Labute approximate surface area is 133 Å². The molecule has 2 fully saturated rings. The molecular weight excluding hydrogens is 300 g/mol. The Hall–Kier alpha value is -2.12. The number of para-hydroxylation sites is 1. The van der Waals surface area contributed by atoms with Crippen LogP contribution in [0.1, 0.15) is 10.4 Å². The van der Waals surface area contributed by atoms with E-state index in [1.807, 2.05) is 0 Å². The van der Waals surface area contributed by atoms with Gasteiger partial charge in [0.05, 0.1) is 18.8 Å². The van der Waals surface area contributed by atoms with Crippen LogP contribution < -0.4 is 10.5 Å². The lowest BCUT2D eigenvalue weighted by Crippen LogP contribution is -2.38. The maximum Gasteiger partial charge on any atom is 0.260 e. The number of piperidine rings is 1. The molecule has 1 aromatic rings. The van der Waals surface area contributed by atoms with Crippen molar-refractivity contribution in [2.75, 3.05) is 32.9 Å². The lowest BCUT2D eigenvalue weighted by atomic mass is 10.0. The Morgan fingerprint density at radius 3 is 2.39 bits per heavy atom. The summed E-state index contributed by atoms with van der Waals surface area (Å²) in [6, 6.07) is 6.52. The van der Waals surface area contributed by atoms with Crippen molar-refractivity contribution in [2.45, 2.75) is 0 Å². The van der Waals surface area contributed by atoms with Gasteiger partial charge in [-0.2, -0.15) is 0 Å². The number of carbonyl (C=O) groups is 2. The van der Waals surface area contributed by atoms with E-state index in [0.717, 1.165) is 0 Å². The van der Waals surface area contributed by atoms with Crippen LogP contribution in [0.4, 0.5) is 0 Å². The molecule has 7 heteroatoms. The lowest BCUT2D eigenvalue weighted by molar-refractivity contribution is -0.133. The maximum atomic E-state index is 12.2. The minimum absolute atomic E-state index is 0.0522. The normalized spacial score (nSPS) is 24.2. The first-order valence-electron chi connectivity index (χ1n) is 7.54. The van der Waals surface area contributed by atoms with Gasteiger partial charge in [0.15, 0.2) is 6.61 Å². The van der Waals surface area contributed by atoms with Gasteiger partial charge in [-0.15, -0.1) is 0 Å². The number of likely N-dealkylation sites (tertiary alicyclic amines) is 1. The number of primary amides is 1. The van der Waals surface area contributed by atoms with E-state index in [4.69, 9.17) is 10.5 Å². The zero-order valence-electron chi connectivity index (χ0n) is 12.6. The number of rotatable bonds is 6. The zero-order chi connectivity index (χ0) is 16.6. The van der Waals surface area contributed by atoms with E-state index in [1.54, 1.807) is 29.2 Å². The Balaban J connectivity index is 1.56. The van der Waals surface area contributed by atoms with Gasteiger partial charge >= 0.3 is 0 Å². The smallest absolute Gasteiger partial charge is 0.260 e. The molecule has 1 aliphatic carbocycles. The van der Waals surface area contributed by atoms with E-state index in [9.17, 15) is 19.8 Å². The van der Waals surface area contributed by atoms with Crippen LogP contribution in [0.25, 0.3) is 0 Å². The molecule has 2 unspecified atom stereocenters. The summed E-state index contributed by atoms with van der Waals surface area (Å²) < 4.78 is 5.44. The van der Waals surface area contributed by atoms with Gasteiger partial charge in [-0.05, 0) is 24.0 Å². The Morgan fingerprint density at radius 2 is 1.83 bits per heavy atom. The number of benzene rings is 1. The molecule has 0 spiro atoms. The van der Waals surface area contributed by atoms with Gasteiger partial charge in [-0.3, -0.25) is 9.59 Å². The lowest BCUT2D eigenvalue weighted by Gasteiger charge is -2.24. The fourth-order valence-corrected chi connectivity index (χ4v) is 3.59. The second-order valence-corrected chi connectivity index (χ2v) is 6.21. The number of amides is 2. The summed E-state index contributed by atoms with van der Waals surface area (Å²) in [5, 5.41) is 18.8. The van der Waals surface area contributed by atoms with Crippen molar-refractivity contribution < 1.29 is 24.5 Å². The molecule has 2 amide bonds. The highest BCUT2D eigenvalue weighted by Gasteiger charge is 2.67. The van der Waals surface area contributed by atoms with Gasteiger partial charge < -0.3 is 25.6 Å². The van der Waals surface area contributed by atoms with Crippen molar-refractivity contribution in [3.05, 3.63) is 29.8 Å². The van der Waals surface area contributed by atoms with E-state index < -0.39 is 11.3 Å². The van der Waals surface area contributed by atoms with Gasteiger partial charge in [-0.25, -0.2) is 0 Å². The Bertz CT molecular complexity index is 615. The minimum atomic E-state index is -0.605. The molecule has 124 valence electrons. The van der Waals surface area contributed by atoms with Crippen LogP contribution in [-0.2, 0) is 4.79 Å². The van der Waals surface area contributed by atoms with E-state index in [2.05, 4.69) is 0 Å². The van der Waals surface area contributed by atoms with Gasteiger partial charge in [0.2, 0.25) is 0 Å². The third kappa shape index (κ3) is 2.55. The zero-order valence-corrected chi connectivity index (χ0v) is 12.6. The molecule has 4 N–H and O–H groups in total. The van der Waals surface area contributed by atoms with E-state index in [1.165, 1.54) is 0 Å². The second kappa shape index (κ2) is 5.82. The number of hydrogen-bond donors (Lipinski definition) is 3. The van der Waals surface area contributed by atoms with Crippen LogP contribution in [0.5, 0.6) is 5.75 Å². The van der Waals surface area contributed by atoms with Gasteiger partial charge in [-0.1, -0.05) is 12.1 Å². The molecule has 7 nitrogen and oxygen atoms in total. The summed E-state index contributed by atoms with van der Waals surface area (Å²) in [7, 11) is 0. The number of nitrogens with zero attached hydrogens (tertiary/aromatic N) is 1. The standard InChI is InChI=1S/C16H20N2O5/c17-15(22)10-3-1-2-4-13(10)23-7-14(21)18-5-11-12(6-18)16(11,8-19)9-20/h1-4,11-12,19-20H,5-9H2,(H2,17,22). The van der Waals surface area contributed by atoms with Crippen LogP contribution in [0.3, 0.4) is 0 Å². The fraction of sp³-hybridized carbons (Fsp3) is 0.500. The van der Waals surface area contributed by atoms with Crippen molar-refractivity contribution >= 4 is 11.8 Å². The summed E-state index contributed by atoms with van der Waals surface area (Å²) in [6.07, 6.45) is 0. The topological polar surface area (TPSA) is 113 Å². The van der Waals surface area contributed by atoms with E-state index >= 15 is 0 Å². The molecule has 1 heterocycles. The first kappa shape index (κ1) is 15.8. The summed E-state index contributed by atoms with van der Waals surface area (Å²) in [4.78, 5) is 25.2. The number of nitrogens with two attached hydrogens (primary N) is 1. The molecule has 1 saturated heterocycles. The first-order valence-corrected chi connectivity index (χ1v) is 7.54. The average Bonchev–Trinajstić information content (AvgIpc) is 2.91. The Kier molecular flexibility index (Phi) is 3.99. The number of hydrogen-bond acceptors (Lipinski definition) is 5. The van der Waals surface area contributed by atoms with Crippen LogP contribution in [0.15, 0.2) is 24.3 Å². The van der Waals surface area contributed by atoms with Crippen LogP contribution in [0, 0.1) is 17.3 Å². The van der Waals surface area contributed by atoms with E-state index in [-0.39, 0.29) is 48.9 Å². The number of aliphatic hydroxyl groups excluding tert-OH is 2. The third-order valence-electron chi connectivity index (χ3n) is 5.13. The predicted molar refractivity (Wildman–Crippen MR) is 80.6 cm³/mol. The molecule has 0 radical (unpaired) electrons. The first-order chi connectivity index (χ1) is 11.0. The third-order valence-corrected chi connectivity index (χ3v) is 5.13. The second-order valence-electron chi connectivity index (χ2n) is 6.21. The van der Waals surface area contributed by atoms with Crippen LogP contribution in [0.2, 0.25) is 0 Å². The van der Waals surface area contributed by atoms with Crippen molar-refractivity contribution in [1.82, 2.24) is 4.90 Å². The van der Waals surface area contributed by atoms with Crippen molar-refractivity contribution in [3.8, 4) is 5.75 Å². The number of ether oxygens (including phenoxy) is 1. The van der Waals surface area contributed by atoms with Crippen molar-refractivity contribution in [2.24, 2.45) is 23.0 Å². The van der Waals surface area contributed by atoms with Gasteiger partial charge in [0.1, 0.15) is 5.75 Å². The molecule has 3 rings (SSSR count).